The standard InChI is InChI=1S/C18H26N2O2/c1-4-20-12-18(2,3)22-16-6-5-14(11-15(16)20)17(21)13-7-9-19-10-8-13/h5-6,11,13,19H,4,7-10,12H2,1-3H3. The summed E-state index contributed by atoms with van der Waals surface area (Å²) in [4.78, 5) is 15.0. The number of anilines is 1. The summed E-state index contributed by atoms with van der Waals surface area (Å²) in [6, 6.07) is 5.92. The largest absolute Gasteiger partial charge is 0.484 e. The van der Waals surface area contributed by atoms with Crippen molar-refractivity contribution in [1.82, 2.24) is 5.32 Å². The molecule has 1 aromatic rings. The maximum Gasteiger partial charge on any atom is 0.166 e. The van der Waals surface area contributed by atoms with E-state index in [9.17, 15) is 4.79 Å². The first-order valence-corrected chi connectivity index (χ1v) is 8.33. The Morgan fingerprint density at radius 1 is 1.36 bits per heavy atom. The molecular weight excluding hydrogens is 276 g/mol. The molecule has 1 aromatic carbocycles. The monoisotopic (exact) mass is 302 g/mol. The van der Waals surface area contributed by atoms with Crippen LogP contribution in [0.4, 0.5) is 5.69 Å². The van der Waals surface area contributed by atoms with Crippen LogP contribution in [0.5, 0.6) is 5.75 Å². The SMILES string of the molecule is CCN1CC(C)(C)Oc2ccc(C(=O)C3CCNCC3)cc21. The molecule has 0 spiro atoms. The van der Waals surface area contributed by atoms with Crippen LogP contribution in [0.3, 0.4) is 0 Å². The Kier molecular flexibility index (Phi) is 4.13. The molecule has 3 rings (SSSR count). The molecule has 2 aliphatic rings. The maximum atomic E-state index is 12.7. The van der Waals surface area contributed by atoms with E-state index < -0.39 is 0 Å². The lowest BCUT2D eigenvalue weighted by Gasteiger charge is -2.40. The fraction of sp³-hybridized carbons (Fsp3) is 0.611. The molecule has 0 atom stereocenters. The number of piperidine rings is 1. The van der Waals surface area contributed by atoms with Gasteiger partial charge in [-0.3, -0.25) is 4.79 Å². The maximum absolute atomic E-state index is 12.7. The highest BCUT2D eigenvalue weighted by molar-refractivity contribution is 5.99. The first-order chi connectivity index (χ1) is 10.5. The normalized spacial score (nSPS) is 21.1. The van der Waals surface area contributed by atoms with E-state index >= 15 is 0 Å². The van der Waals surface area contributed by atoms with E-state index in [2.05, 4.69) is 31.0 Å². The second-order valence-corrected chi connectivity index (χ2v) is 6.95. The van der Waals surface area contributed by atoms with Crippen LogP contribution in [0.15, 0.2) is 18.2 Å². The van der Waals surface area contributed by atoms with Gasteiger partial charge in [-0.1, -0.05) is 0 Å². The number of rotatable bonds is 3. The van der Waals surface area contributed by atoms with Crippen molar-refractivity contribution in [2.45, 2.75) is 39.2 Å². The van der Waals surface area contributed by atoms with E-state index in [0.29, 0.717) is 0 Å². The molecule has 1 fully saturated rings. The van der Waals surface area contributed by atoms with Gasteiger partial charge in [-0.2, -0.15) is 0 Å². The molecular formula is C18H26N2O2. The highest BCUT2D eigenvalue weighted by Gasteiger charge is 2.32. The number of nitrogens with one attached hydrogen (secondary N) is 1. The number of carbonyl (C=O) groups excluding carboxylic acids is 1. The van der Waals surface area contributed by atoms with Gasteiger partial charge in [0.1, 0.15) is 11.4 Å². The molecule has 0 radical (unpaired) electrons. The van der Waals surface area contributed by atoms with E-state index in [1.54, 1.807) is 0 Å². The smallest absolute Gasteiger partial charge is 0.166 e. The second kappa shape index (κ2) is 5.92. The van der Waals surface area contributed by atoms with Gasteiger partial charge in [-0.15, -0.1) is 0 Å². The Morgan fingerprint density at radius 3 is 2.77 bits per heavy atom. The highest BCUT2D eigenvalue weighted by atomic mass is 16.5. The van der Waals surface area contributed by atoms with Gasteiger partial charge in [-0.25, -0.2) is 0 Å². The van der Waals surface area contributed by atoms with Crippen LogP contribution < -0.4 is 15.0 Å². The number of nitrogens with zero attached hydrogens (tertiary/aromatic N) is 1. The first kappa shape index (κ1) is 15.3. The first-order valence-electron chi connectivity index (χ1n) is 8.33. The molecule has 0 unspecified atom stereocenters. The third-order valence-electron chi connectivity index (χ3n) is 4.63. The van der Waals surface area contributed by atoms with Gasteiger partial charge in [0, 0.05) is 18.0 Å². The lowest BCUT2D eigenvalue weighted by molar-refractivity contribution is 0.0894. The van der Waals surface area contributed by atoms with Crippen molar-refractivity contribution in [1.29, 1.82) is 0 Å². The molecule has 4 nitrogen and oxygen atoms in total. The summed E-state index contributed by atoms with van der Waals surface area (Å²) in [5.74, 6) is 1.33. The topological polar surface area (TPSA) is 41.6 Å². The van der Waals surface area contributed by atoms with Crippen molar-refractivity contribution >= 4 is 11.5 Å². The quantitative estimate of drug-likeness (QED) is 0.872. The number of likely N-dealkylation sites (N-methyl/N-ethyl adjacent to an activating group) is 1. The van der Waals surface area contributed by atoms with Crippen molar-refractivity contribution in [2.24, 2.45) is 5.92 Å². The minimum Gasteiger partial charge on any atom is -0.484 e. The van der Waals surface area contributed by atoms with Crippen LogP contribution in [0.25, 0.3) is 0 Å². The van der Waals surface area contributed by atoms with Gasteiger partial charge in [0.25, 0.3) is 0 Å². The van der Waals surface area contributed by atoms with E-state index in [0.717, 1.165) is 56.0 Å². The molecule has 0 saturated carbocycles. The number of hydrogen-bond donors (Lipinski definition) is 1. The molecule has 0 aliphatic carbocycles. The van der Waals surface area contributed by atoms with Crippen LogP contribution in [0.1, 0.15) is 44.0 Å². The van der Waals surface area contributed by atoms with E-state index in [-0.39, 0.29) is 17.3 Å². The summed E-state index contributed by atoms with van der Waals surface area (Å²) >= 11 is 0. The number of ether oxygens (including phenoxy) is 1. The third kappa shape index (κ3) is 2.98. The van der Waals surface area contributed by atoms with E-state index in [1.165, 1.54) is 0 Å². The molecule has 2 aliphatic heterocycles. The molecule has 2 heterocycles. The summed E-state index contributed by atoms with van der Waals surface area (Å²) in [6.07, 6.45) is 1.88. The fourth-order valence-corrected chi connectivity index (χ4v) is 3.48. The summed E-state index contributed by atoms with van der Waals surface area (Å²) in [5, 5.41) is 3.32. The van der Waals surface area contributed by atoms with Crippen molar-refractivity contribution in [3.63, 3.8) is 0 Å². The number of carbonyl (C=O) groups is 1. The molecule has 0 amide bonds. The molecule has 120 valence electrons. The fourth-order valence-electron chi connectivity index (χ4n) is 3.48. The van der Waals surface area contributed by atoms with E-state index in [4.69, 9.17) is 4.74 Å². The third-order valence-corrected chi connectivity index (χ3v) is 4.63. The van der Waals surface area contributed by atoms with Crippen LogP contribution in [-0.2, 0) is 0 Å². The lowest BCUT2D eigenvalue weighted by atomic mass is 9.89. The van der Waals surface area contributed by atoms with Gasteiger partial charge in [-0.05, 0) is 64.9 Å². The Hall–Kier alpha value is -1.55. The number of Topliss-reactive ketones (excluding diaryl/α,β-unsaturated/α-hetero) is 1. The molecule has 0 bridgehead atoms. The lowest BCUT2D eigenvalue weighted by Crippen LogP contribution is -2.46. The molecule has 22 heavy (non-hydrogen) atoms. The Morgan fingerprint density at radius 2 is 2.09 bits per heavy atom. The average molecular weight is 302 g/mol. The zero-order valence-corrected chi connectivity index (χ0v) is 13.8. The predicted molar refractivity (Wildman–Crippen MR) is 89.0 cm³/mol. The number of fused-ring (bicyclic) bond motifs is 1. The van der Waals surface area contributed by atoms with Crippen molar-refractivity contribution in [2.75, 3.05) is 31.1 Å². The van der Waals surface area contributed by atoms with Crippen LogP contribution >= 0.6 is 0 Å². The van der Waals surface area contributed by atoms with Gasteiger partial charge in [0.15, 0.2) is 5.78 Å². The van der Waals surface area contributed by atoms with Gasteiger partial charge in [0.2, 0.25) is 0 Å². The number of ketones is 1. The summed E-state index contributed by atoms with van der Waals surface area (Å²) in [5.41, 5.74) is 1.69. The average Bonchev–Trinajstić information content (AvgIpc) is 2.53. The second-order valence-electron chi connectivity index (χ2n) is 6.95. The number of hydrogen-bond acceptors (Lipinski definition) is 4. The van der Waals surface area contributed by atoms with Crippen molar-refractivity contribution in [3.05, 3.63) is 23.8 Å². The van der Waals surface area contributed by atoms with Crippen LogP contribution in [0, 0.1) is 5.92 Å². The van der Waals surface area contributed by atoms with Crippen molar-refractivity contribution < 1.29 is 9.53 Å². The zero-order valence-electron chi connectivity index (χ0n) is 13.8. The van der Waals surface area contributed by atoms with Gasteiger partial charge < -0.3 is 15.0 Å². The summed E-state index contributed by atoms with van der Waals surface area (Å²) in [6.45, 7) is 10.0. The highest BCUT2D eigenvalue weighted by Crippen LogP contribution is 2.38. The minimum absolute atomic E-state index is 0.162. The summed E-state index contributed by atoms with van der Waals surface area (Å²) in [7, 11) is 0. The Bertz CT molecular complexity index is 562. The summed E-state index contributed by atoms with van der Waals surface area (Å²) < 4.78 is 6.07. The van der Waals surface area contributed by atoms with Gasteiger partial charge in [0.05, 0.1) is 12.2 Å². The molecule has 0 aromatic heterocycles. The minimum atomic E-state index is -0.191. The molecule has 1 N–H and O–H groups in total. The Labute approximate surface area is 132 Å². The predicted octanol–water partition coefficient (Wildman–Crippen LogP) is 2.87. The molecule has 4 heteroatoms. The molecule has 1 saturated heterocycles. The Balaban J connectivity index is 1.88. The van der Waals surface area contributed by atoms with Crippen LogP contribution in [0.2, 0.25) is 0 Å². The van der Waals surface area contributed by atoms with Gasteiger partial charge >= 0.3 is 0 Å². The van der Waals surface area contributed by atoms with E-state index in [1.807, 2.05) is 18.2 Å². The van der Waals surface area contributed by atoms with Crippen LogP contribution in [-0.4, -0.2) is 37.6 Å². The zero-order chi connectivity index (χ0) is 15.7. The number of benzene rings is 1. The van der Waals surface area contributed by atoms with Crippen molar-refractivity contribution in [3.8, 4) is 5.75 Å².